The Morgan fingerprint density at radius 3 is 2.79 bits per heavy atom. The van der Waals surface area contributed by atoms with Crippen molar-refractivity contribution in [2.24, 2.45) is 0 Å². The van der Waals surface area contributed by atoms with E-state index in [0.717, 1.165) is 0 Å². The third-order valence-electron chi connectivity index (χ3n) is 2.20. The Morgan fingerprint density at radius 1 is 1.71 bits per heavy atom. The number of rotatable bonds is 3. The summed E-state index contributed by atoms with van der Waals surface area (Å²) in [5.74, 6) is -0.127. The van der Waals surface area contributed by atoms with Crippen molar-refractivity contribution in [3.05, 3.63) is 0 Å². The lowest BCUT2D eigenvalue weighted by atomic mass is 10.0. The molecule has 1 atom stereocenters. The van der Waals surface area contributed by atoms with Gasteiger partial charge in [0.05, 0.1) is 10.9 Å². The Bertz CT molecular complexity index is 219. The maximum absolute atomic E-state index is 11.5. The zero-order valence-corrected chi connectivity index (χ0v) is 10.1. The maximum Gasteiger partial charge on any atom is 0.236 e. The number of aliphatic hydroxyl groups is 1. The molecule has 14 heavy (non-hydrogen) atoms. The van der Waals surface area contributed by atoms with Crippen LogP contribution >= 0.6 is 15.9 Å². The number of alkyl halides is 1. The van der Waals surface area contributed by atoms with Gasteiger partial charge in [-0.15, -0.1) is 0 Å². The van der Waals surface area contributed by atoms with Gasteiger partial charge in [-0.1, -0.05) is 15.9 Å². The second-order valence-electron chi connectivity index (χ2n) is 4.18. The highest BCUT2D eigenvalue weighted by Crippen LogP contribution is 2.19. The number of amides is 1. The van der Waals surface area contributed by atoms with E-state index in [1.165, 1.54) is 0 Å². The molecule has 5 heteroatoms. The predicted octanol–water partition coefficient (Wildman–Crippen LogP) is 0.428. The predicted molar refractivity (Wildman–Crippen MR) is 56.4 cm³/mol. The number of halogens is 1. The van der Waals surface area contributed by atoms with Crippen molar-refractivity contribution in [1.29, 1.82) is 0 Å². The normalized spacial score (nSPS) is 27.7. The smallest absolute Gasteiger partial charge is 0.236 e. The van der Waals surface area contributed by atoms with Gasteiger partial charge in [0.25, 0.3) is 0 Å². The monoisotopic (exact) mass is 265 g/mol. The first kappa shape index (κ1) is 11.9. The number of carbonyl (C=O) groups is 1. The van der Waals surface area contributed by atoms with Crippen LogP contribution in [0, 0.1) is 0 Å². The Labute approximate surface area is 92.1 Å². The van der Waals surface area contributed by atoms with Crippen molar-refractivity contribution in [2.45, 2.75) is 30.2 Å². The molecule has 1 amide bonds. The lowest BCUT2D eigenvalue weighted by Crippen LogP contribution is -2.47. The summed E-state index contributed by atoms with van der Waals surface area (Å²) in [6.07, 6.45) is 0.579. The quantitative estimate of drug-likeness (QED) is 0.728. The molecule has 0 aromatic rings. The van der Waals surface area contributed by atoms with E-state index in [4.69, 9.17) is 4.74 Å². The summed E-state index contributed by atoms with van der Waals surface area (Å²) in [5.41, 5.74) is -0.881. The van der Waals surface area contributed by atoms with Gasteiger partial charge in [-0.05, 0) is 13.8 Å². The fraction of sp³-hybridized carbons (Fsp3) is 0.889. The number of carbonyl (C=O) groups excluding carboxylic acids is 1. The zero-order valence-electron chi connectivity index (χ0n) is 8.47. The number of hydrogen-bond acceptors (Lipinski definition) is 3. The van der Waals surface area contributed by atoms with E-state index in [9.17, 15) is 9.90 Å². The highest BCUT2D eigenvalue weighted by Gasteiger charge is 2.34. The Hall–Kier alpha value is -0.130. The molecule has 0 radical (unpaired) electrons. The van der Waals surface area contributed by atoms with Crippen LogP contribution in [0.25, 0.3) is 0 Å². The van der Waals surface area contributed by atoms with Crippen molar-refractivity contribution < 1.29 is 14.6 Å². The summed E-state index contributed by atoms with van der Waals surface area (Å²) < 4.78 is 4.47. The fourth-order valence-corrected chi connectivity index (χ4v) is 1.33. The molecule has 1 aliphatic rings. The van der Waals surface area contributed by atoms with Gasteiger partial charge >= 0.3 is 0 Å². The van der Waals surface area contributed by atoms with Crippen LogP contribution < -0.4 is 5.32 Å². The molecule has 1 fully saturated rings. The van der Waals surface area contributed by atoms with Crippen LogP contribution in [0.3, 0.4) is 0 Å². The van der Waals surface area contributed by atoms with Crippen LogP contribution in [0.4, 0.5) is 0 Å². The first-order valence-corrected chi connectivity index (χ1v) is 5.40. The second-order valence-corrected chi connectivity index (χ2v) is 6.16. The van der Waals surface area contributed by atoms with Crippen LogP contribution in [-0.2, 0) is 9.53 Å². The van der Waals surface area contributed by atoms with Gasteiger partial charge in [0.2, 0.25) is 5.91 Å². The van der Waals surface area contributed by atoms with E-state index in [1.807, 2.05) is 0 Å². The van der Waals surface area contributed by atoms with Crippen molar-refractivity contribution in [1.82, 2.24) is 5.32 Å². The molecule has 1 rings (SSSR count). The molecular weight excluding hydrogens is 250 g/mol. The highest BCUT2D eigenvalue weighted by molar-refractivity contribution is 9.10. The first-order chi connectivity index (χ1) is 6.33. The minimum absolute atomic E-state index is 0.127. The highest BCUT2D eigenvalue weighted by atomic mass is 79.9. The molecule has 0 spiro atoms. The zero-order chi connectivity index (χ0) is 10.8. The van der Waals surface area contributed by atoms with Gasteiger partial charge in [-0.25, -0.2) is 0 Å². The average Bonchev–Trinajstić information content (AvgIpc) is 2.47. The summed E-state index contributed by atoms with van der Waals surface area (Å²) in [7, 11) is 0. The molecule has 0 bridgehead atoms. The Kier molecular flexibility index (Phi) is 3.55. The topological polar surface area (TPSA) is 58.6 Å². The summed E-state index contributed by atoms with van der Waals surface area (Å²) in [4.78, 5) is 11.5. The molecule has 1 saturated heterocycles. The maximum atomic E-state index is 11.5. The number of hydrogen-bond donors (Lipinski definition) is 2. The Balaban J connectivity index is 2.37. The van der Waals surface area contributed by atoms with E-state index in [2.05, 4.69) is 21.2 Å². The molecule has 82 valence electrons. The van der Waals surface area contributed by atoms with E-state index in [-0.39, 0.29) is 12.5 Å². The molecule has 1 unspecified atom stereocenters. The third kappa shape index (κ3) is 3.22. The molecule has 1 aliphatic heterocycles. The van der Waals surface area contributed by atoms with Gasteiger partial charge < -0.3 is 15.2 Å². The van der Waals surface area contributed by atoms with Gasteiger partial charge in [0.1, 0.15) is 5.60 Å². The lowest BCUT2D eigenvalue weighted by molar-refractivity contribution is -0.123. The van der Waals surface area contributed by atoms with E-state index >= 15 is 0 Å². The molecule has 2 N–H and O–H groups in total. The number of ether oxygens (including phenoxy) is 1. The lowest BCUT2D eigenvalue weighted by Gasteiger charge is -2.23. The van der Waals surface area contributed by atoms with Crippen LogP contribution in [-0.4, -0.2) is 40.7 Å². The van der Waals surface area contributed by atoms with Gasteiger partial charge in [-0.2, -0.15) is 0 Å². The molecular formula is C9H16BrNO3. The average molecular weight is 266 g/mol. The minimum Gasteiger partial charge on any atom is -0.386 e. The van der Waals surface area contributed by atoms with E-state index in [1.54, 1.807) is 13.8 Å². The van der Waals surface area contributed by atoms with Crippen LogP contribution in [0.1, 0.15) is 20.3 Å². The summed E-state index contributed by atoms with van der Waals surface area (Å²) in [6.45, 7) is 4.63. The van der Waals surface area contributed by atoms with Crippen molar-refractivity contribution in [3.8, 4) is 0 Å². The largest absolute Gasteiger partial charge is 0.386 e. The molecule has 1 heterocycles. The fourth-order valence-electron chi connectivity index (χ4n) is 1.19. The van der Waals surface area contributed by atoms with Crippen LogP contribution in [0.5, 0.6) is 0 Å². The summed E-state index contributed by atoms with van der Waals surface area (Å²) >= 11 is 3.25. The summed E-state index contributed by atoms with van der Waals surface area (Å²) in [6, 6.07) is 0. The molecule has 0 saturated carbocycles. The van der Waals surface area contributed by atoms with Crippen LogP contribution in [0.15, 0.2) is 0 Å². The van der Waals surface area contributed by atoms with Gasteiger partial charge in [-0.3, -0.25) is 4.79 Å². The van der Waals surface area contributed by atoms with E-state index < -0.39 is 9.93 Å². The van der Waals surface area contributed by atoms with Gasteiger partial charge in [0, 0.05) is 19.6 Å². The van der Waals surface area contributed by atoms with E-state index in [0.29, 0.717) is 19.6 Å². The van der Waals surface area contributed by atoms with Crippen molar-refractivity contribution >= 4 is 21.8 Å². The Morgan fingerprint density at radius 2 is 2.36 bits per heavy atom. The third-order valence-corrected chi connectivity index (χ3v) is 2.56. The van der Waals surface area contributed by atoms with Gasteiger partial charge in [0.15, 0.2) is 0 Å². The summed E-state index contributed by atoms with van der Waals surface area (Å²) in [5, 5.41) is 12.5. The molecule has 0 aromatic carbocycles. The molecule has 4 nitrogen and oxygen atoms in total. The number of nitrogens with one attached hydrogen (secondary N) is 1. The first-order valence-electron chi connectivity index (χ1n) is 4.61. The minimum atomic E-state index is -0.881. The molecule has 0 aliphatic carbocycles. The second kappa shape index (κ2) is 4.16. The standard InChI is InChI=1S/C9H16BrNO3/c1-8(2,10)7(12)11-5-9(13)3-4-14-6-9/h13H,3-6H2,1-2H3,(H,11,12). The molecule has 0 aromatic heterocycles. The SMILES string of the molecule is CC(C)(Br)C(=O)NCC1(O)CCOC1. The van der Waals surface area contributed by atoms with Crippen molar-refractivity contribution in [2.75, 3.05) is 19.8 Å². The van der Waals surface area contributed by atoms with Crippen LogP contribution in [0.2, 0.25) is 0 Å². The van der Waals surface area contributed by atoms with Crippen molar-refractivity contribution in [3.63, 3.8) is 0 Å².